The van der Waals surface area contributed by atoms with Gasteiger partial charge < -0.3 is 0 Å². The Morgan fingerprint density at radius 2 is 1.43 bits per heavy atom. The number of hydrazine groups is 1. The summed E-state index contributed by atoms with van der Waals surface area (Å²) in [6, 6.07) is 9.43. The summed E-state index contributed by atoms with van der Waals surface area (Å²) in [6.45, 7) is -0.728. The summed E-state index contributed by atoms with van der Waals surface area (Å²) < 4.78 is 0. The molecule has 1 heterocycles. The average molecular weight is 480 g/mol. The molecule has 2 aliphatic rings. The summed E-state index contributed by atoms with van der Waals surface area (Å²) in [5, 5.41) is 23.5. The van der Waals surface area contributed by atoms with E-state index < -0.39 is 51.7 Å². The number of carbonyl (C=O) groups excluding carboxylic acids is 4. The number of non-ortho nitro benzene ring substituents is 2. The number of benzene rings is 2. The lowest BCUT2D eigenvalue weighted by molar-refractivity contribution is -0.385. The Bertz CT molecular complexity index is 1220. The van der Waals surface area contributed by atoms with E-state index in [9.17, 15) is 39.4 Å². The van der Waals surface area contributed by atoms with Crippen molar-refractivity contribution in [1.29, 1.82) is 0 Å². The lowest BCUT2D eigenvalue weighted by atomic mass is 9.81. The first-order chi connectivity index (χ1) is 16.7. The highest BCUT2D eigenvalue weighted by Crippen LogP contribution is 2.39. The molecule has 0 radical (unpaired) electrons. The first kappa shape index (κ1) is 23.7. The summed E-state index contributed by atoms with van der Waals surface area (Å²) in [4.78, 5) is 73.5. The van der Waals surface area contributed by atoms with E-state index in [1.54, 1.807) is 0 Å². The third-order valence-electron chi connectivity index (χ3n) is 6.29. The van der Waals surface area contributed by atoms with Gasteiger partial charge in [0, 0.05) is 35.4 Å². The van der Waals surface area contributed by atoms with Crippen molar-refractivity contribution in [2.45, 2.75) is 25.7 Å². The SMILES string of the molecule is O=C(CN(C(=O)c1ccc([N+](=O)[O-])cc1)N1C(=O)[C@@H]2CCCC[C@H]2C1=O)c1cccc([N+](=O)[O-])c1. The molecule has 35 heavy (non-hydrogen) atoms. The maximum Gasteiger partial charge on any atom is 0.273 e. The quantitative estimate of drug-likeness (QED) is 0.253. The topological polar surface area (TPSA) is 161 Å². The number of nitrogens with zero attached hydrogens (tertiary/aromatic N) is 4. The second-order valence-corrected chi connectivity index (χ2v) is 8.38. The molecule has 1 saturated heterocycles. The Balaban J connectivity index is 1.70. The van der Waals surface area contributed by atoms with Gasteiger partial charge in [0.1, 0.15) is 6.54 Å². The number of fused-ring (bicyclic) bond motifs is 1. The highest BCUT2D eigenvalue weighted by molar-refractivity contribution is 6.09. The second-order valence-electron chi connectivity index (χ2n) is 8.38. The predicted octanol–water partition coefficient (Wildman–Crippen LogP) is 2.92. The van der Waals surface area contributed by atoms with Crippen LogP contribution in [0, 0.1) is 32.1 Å². The summed E-state index contributed by atoms with van der Waals surface area (Å²) in [5.41, 5.74) is -0.737. The largest absolute Gasteiger partial charge is 0.292 e. The van der Waals surface area contributed by atoms with Gasteiger partial charge in [-0.1, -0.05) is 25.0 Å². The first-order valence-electron chi connectivity index (χ1n) is 10.9. The molecule has 0 N–H and O–H groups in total. The van der Waals surface area contributed by atoms with Crippen molar-refractivity contribution in [3.63, 3.8) is 0 Å². The van der Waals surface area contributed by atoms with Crippen LogP contribution < -0.4 is 0 Å². The molecule has 1 aliphatic carbocycles. The van der Waals surface area contributed by atoms with Gasteiger partial charge in [-0.2, -0.15) is 5.01 Å². The highest BCUT2D eigenvalue weighted by atomic mass is 16.6. The number of ketones is 1. The van der Waals surface area contributed by atoms with Crippen LogP contribution in [-0.2, 0) is 9.59 Å². The van der Waals surface area contributed by atoms with E-state index in [2.05, 4.69) is 0 Å². The summed E-state index contributed by atoms with van der Waals surface area (Å²) in [7, 11) is 0. The number of nitro groups is 2. The number of hydrogen-bond acceptors (Lipinski definition) is 8. The molecule has 4 rings (SSSR count). The number of imide groups is 1. The van der Waals surface area contributed by atoms with Gasteiger partial charge in [0.15, 0.2) is 5.78 Å². The third-order valence-corrected chi connectivity index (χ3v) is 6.29. The molecule has 1 aliphatic heterocycles. The van der Waals surface area contributed by atoms with Crippen molar-refractivity contribution in [2.75, 3.05) is 6.54 Å². The number of carbonyl (C=O) groups is 4. The molecule has 1 saturated carbocycles. The maximum atomic E-state index is 13.4. The van der Waals surface area contributed by atoms with Crippen LogP contribution in [0.5, 0.6) is 0 Å². The van der Waals surface area contributed by atoms with Gasteiger partial charge in [-0.15, -0.1) is 0 Å². The van der Waals surface area contributed by atoms with Crippen molar-refractivity contribution < 1.29 is 29.0 Å². The Hall–Kier alpha value is -4.48. The lowest BCUT2D eigenvalue weighted by Crippen LogP contribution is -2.52. The molecule has 2 aromatic carbocycles. The van der Waals surface area contributed by atoms with E-state index in [4.69, 9.17) is 0 Å². The monoisotopic (exact) mass is 480 g/mol. The van der Waals surface area contributed by atoms with E-state index in [1.807, 2.05) is 0 Å². The fraction of sp³-hybridized carbons (Fsp3) is 0.304. The van der Waals surface area contributed by atoms with E-state index in [-0.39, 0.29) is 22.5 Å². The molecular weight excluding hydrogens is 460 g/mol. The van der Waals surface area contributed by atoms with Crippen LogP contribution in [0.4, 0.5) is 11.4 Å². The zero-order chi connectivity index (χ0) is 25.3. The zero-order valence-electron chi connectivity index (χ0n) is 18.4. The van der Waals surface area contributed by atoms with E-state index >= 15 is 0 Å². The average Bonchev–Trinajstić information content (AvgIpc) is 3.12. The normalized spacial score (nSPS) is 19.3. The fourth-order valence-electron chi connectivity index (χ4n) is 4.51. The molecule has 3 amide bonds. The van der Waals surface area contributed by atoms with Gasteiger partial charge in [0.2, 0.25) is 0 Å². The predicted molar refractivity (Wildman–Crippen MR) is 119 cm³/mol. The van der Waals surface area contributed by atoms with E-state index in [1.165, 1.54) is 30.3 Å². The van der Waals surface area contributed by atoms with E-state index in [0.29, 0.717) is 17.9 Å². The van der Waals surface area contributed by atoms with Crippen molar-refractivity contribution in [3.8, 4) is 0 Å². The van der Waals surface area contributed by atoms with Crippen LogP contribution in [0.3, 0.4) is 0 Å². The van der Waals surface area contributed by atoms with Gasteiger partial charge in [-0.25, -0.2) is 5.01 Å². The number of nitro benzene ring substituents is 2. The minimum absolute atomic E-state index is 0.0714. The molecule has 2 fully saturated rings. The summed E-state index contributed by atoms with van der Waals surface area (Å²) in [6.07, 6.45) is 2.50. The minimum Gasteiger partial charge on any atom is -0.292 e. The Morgan fingerprint density at radius 1 is 0.857 bits per heavy atom. The molecule has 0 spiro atoms. The Morgan fingerprint density at radius 3 is 1.97 bits per heavy atom. The van der Waals surface area contributed by atoms with Gasteiger partial charge in [-0.05, 0) is 25.0 Å². The van der Waals surface area contributed by atoms with Crippen LogP contribution in [0.1, 0.15) is 46.4 Å². The number of Topliss-reactive ketones (excluding diaryl/α,β-unsaturated/α-hetero) is 1. The Labute approximate surface area is 198 Å². The van der Waals surface area contributed by atoms with Crippen molar-refractivity contribution in [2.24, 2.45) is 11.8 Å². The summed E-state index contributed by atoms with van der Waals surface area (Å²) in [5.74, 6) is -3.94. The van der Waals surface area contributed by atoms with Crippen LogP contribution in [0.15, 0.2) is 48.5 Å². The summed E-state index contributed by atoms with van der Waals surface area (Å²) >= 11 is 0. The third kappa shape index (κ3) is 4.50. The number of hydrogen-bond donors (Lipinski definition) is 0. The minimum atomic E-state index is -0.876. The highest BCUT2D eigenvalue weighted by Gasteiger charge is 2.51. The van der Waals surface area contributed by atoms with Gasteiger partial charge in [-0.3, -0.25) is 39.4 Å². The fourth-order valence-corrected chi connectivity index (χ4v) is 4.51. The molecule has 180 valence electrons. The smallest absolute Gasteiger partial charge is 0.273 e. The molecule has 2 aromatic rings. The van der Waals surface area contributed by atoms with Crippen molar-refractivity contribution in [1.82, 2.24) is 10.0 Å². The van der Waals surface area contributed by atoms with Crippen LogP contribution in [-0.4, -0.2) is 49.9 Å². The Kier molecular flexibility index (Phi) is 6.36. The molecule has 12 nitrogen and oxygen atoms in total. The molecule has 0 aromatic heterocycles. The van der Waals surface area contributed by atoms with Gasteiger partial charge in [0.25, 0.3) is 29.1 Å². The molecule has 12 heteroatoms. The molecular formula is C23H20N4O8. The van der Waals surface area contributed by atoms with Crippen LogP contribution in [0.25, 0.3) is 0 Å². The first-order valence-corrected chi connectivity index (χ1v) is 10.9. The van der Waals surface area contributed by atoms with Gasteiger partial charge >= 0.3 is 0 Å². The molecule has 0 unspecified atom stereocenters. The van der Waals surface area contributed by atoms with Crippen molar-refractivity contribution in [3.05, 3.63) is 79.9 Å². The maximum absolute atomic E-state index is 13.4. The number of rotatable bonds is 7. The van der Waals surface area contributed by atoms with Crippen molar-refractivity contribution >= 4 is 34.9 Å². The molecule has 0 bridgehead atoms. The lowest BCUT2D eigenvalue weighted by Gasteiger charge is -2.30. The second kappa shape index (κ2) is 9.41. The van der Waals surface area contributed by atoms with Crippen LogP contribution in [0.2, 0.25) is 0 Å². The van der Waals surface area contributed by atoms with E-state index in [0.717, 1.165) is 36.0 Å². The van der Waals surface area contributed by atoms with Gasteiger partial charge in [0.05, 0.1) is 21.7 Å². The number of amides is 3. The van der Waals surface area contributed by atoms with Crippen LogP contribution >= 0.6 is 0 Å². The molecule has 2 atom stereocenters. The zero-order valence-corrected chi connectivity index (χ0v) is 18.4. The standard InChI is InChI=1S/C23H20N4O8/c28-20(15-4-3-5-17(12-15)27(34)35)13-24(21(29)14-8-10-16(11-9-14)26(32)33)25-22(30)18-6-1-2-7-19(18)23(25)31/h3-5,8-12,18-19H,1-2,6-7,13H2/t18-,19-/m1/s1.